The molecule has 0 saturated carbocycles. The van der Waals surface area contributed by atoms with Crippen molar-refractivity contribution >= 4 is 32.7 Å². The Morgan fingerprint density at radius 3 is 3.06 bits per heavy atom. The van der Waals surface area contributed by atoms with Gasteiger partial charge in [-0.05, 0) is 24.1 Å². The summed E-state index contributed by atoms with van der Waals surface area (Å²) < 4.78 is 0. The molecule has 1 aromatic carbocycles. The Morgan fingerprint density at radius 1 is 1.39 bits per heavy atom. The van der Waals surface area contributed by atoms with Crippen LogP contribution in [0.2, 0.25) is 0 Å². The Bertz CT molecular complexity index is 578. The SMILES string of the molecule is O=C1CC(Br)CN1CCc1cccc2[nH]ccc12. The molecule has 4 heteroatoms. The van der Waals surface area contributed by atoms with Crippen LogP contribution in [0.5, 0.6) is 0 Å². The molecule has 3 nitrogen and oxygen atoms in total. The molecule has 3 rings (SSSR count). The molecular formula is C14H15BrN2O. The fourth-order valence-corrected chi connectivity index (χ4v) is 3.19. The monoisotopic (exact) mass is 306 g/mol. The summed E-state index contributed by atoms with van der Waals surface area (Å²) in [6.07, 6.45) is 3.51. The number of halogens is 1. The molecule has 1 unspecified atom stereocenters. The Balaban J connectivity index is 1.73. The first-order valence-electron chi connectivity index (χ1n) is 6.21. The van der Waals surface area contributed by atoms with Crippen LogP contribution in [-0.4, -0.2) is 33.7 Å². The average Bonchev–Trinajstić information content (AvgIpc) is 2.93. The number of nitrogens with zero attached hydrogens (tertiary/aromatic N) is 1. The Kier molecular flexibility index (Phi) is 3.12. The number of likely N-dealkylation sites (tertiary alicyclic amines) is 1. The van der Waals surface area contributed by atoms with Crippen LogP contribution in [-0.2, 0) is 11.2 Å². The van der Waals surface area contributed by atoms with Gasteiger partial charge in [-0.1, -0.05) is 28.1 Å². The van der Waals surface area contributed by atoms with E-state index >= 15 is 0 Å². The summed E-state index contributed by atoms with van der Waals surface area (Å²) in [6, 6.07) is 8.38. The van der Waals surface area contributed by atoms with E-state index in [1.54, 1.807) is 0 Å². The van der Waals surface area contributed by atoms with Gasteiger partial charge in [-0.15, -0.1) is 0 Å². The second kappa shape index (κ2) is 4.76. The Labute approximate surface area is 114 Å². The highest BCUT2D eigenvalue weighted by molar-refractivity contribution is 9.09. The smallest absolute Gasteiger partial charge is 0.223 e. The van der Waals surface area contributed by atoms with E-state index in [1.165, 1.54) is 16.5 Å². The van der Waals surface area contributed by atoms with Gasteiger partial charge in [-0.3, -0.25) is 4.79 Å². The van der Waals surface area contributed by atoms with Crippen LogP contribution in [0.15, 0.2) is 30.5 Å². The predicted molar refractivity (Wildman–Crippen MR) is 75.9 cm³/mol. The molecule has 1 N–H and O–H groups in total. The van der Waals surface area contributed by atoms with E-state index in [2.05, 4.69) is 45.2 Å². The van der Waals surface area contributed by atoms with Gasteiger partial charge in [0.05, 0.1) is 0 Å². The summed E-state index contributed by atoms with van der Waals surface area (Å²) in [7, 11) is 0. The van der Waals surface area contributed by atoms with Gasteiger partial charge in [0.1, 0.15) is 0 Å². The molecule has 2 heterocycles. The number of aromatic nitrogens is 1. The van der Waals surface area contributed by atoms with Crippen LogP contribution in [0, 0.1) is 0 Å². The van der Waals surface area contributed by atoms with E-state index in [4.69, 9.17) is 0 Å². The third kappa shape index (κ3) is 2.17. The van der Waals surface area contributed by atoms with Crippen LogP contribution >= 0.6 is 15.9 Å². The molecule has 0 radical (unpaired) electrons. The number of hydrogen-bond acceptors (Lipinski definition) is 1. The van der Waals surface area contributed by atoms with Crippen molar-refractivity contribution in [3.8, 4) is 0 Å². The number of aromatic amines is 1. The highest BCUT2D eigenvalue weighted by atomic mass is 79.9. The average molecular weight is 307 g/mol. The lowest BCUT2D eigenvalue weighted by Crippen LogP contribution is -2.27. The second-order valence-corrected chi connectivity index (χ2v) is 6.04. The summed E-state index contributed by atoms with van der Waals surface area (Å²) in [5, 5.41) is 1.26. The molecular weight excluding hydrogens is 292 g/mol. The predicted octanol–water partition coefficient (Wildman–Crippen LogP) is 2.71. The van der Waals surface area contributed by atoms with Crippen molar-refractivity contribution in [1.29, 1.82) is 0 Å². The zero-order valence-electron chi connectivity index (χ0n) is 10.0. The number of nitrogens with one attached hydrogen (secondary N) is 1. The highest BCUT2D eigenvalue weighted by Crippen LogP contribution is 2.21. The molecule has 0 bridgehead atoms. The second-order valence-electron chi connectivity index (χ2n) is 4.75. The van der Waals surface area contributed by atoms with Gasteiger partial charge in [0.2, 0.25) is 5.91 Å². The first kappa shape index (κ1) is 11.8. The number of alkyl halides is 1. The van der Waals surface area contributed by atoms with Crippen molar-refractivity contribution in [2.24, 2.45) is 0 Å². The topological polar surface area (TPSA) is 36.1 Å². The number of carbonyl (C=O) groups is 1. The van der Waals surface area contributed by atoms with Gasteiger partial charge < -0.3 is 9.88 Å². The number of rotatable bonds is 3. The first-order chi connectivity index (χ1) is 8.74. The molecule has 1 fully saturated rings. The van der Waals surface area contributed by atoms with Crippen molar-refractivity contribution < 1.29 is 4.79 Å². The summed E-state index contributed by atoms with van der Waals surface area (Å²) in [5.41, 5.74) is 2.47. The van der Waals surface area contributed by atoms with Crippen molar-refractivity contribution in [3.63, 3.8) is 0 Å². The van der Waals surface area contributed by atoms with Crippen molar-refractivity contribution in [2.75, 3.05) is 13.1 Å². The van der Waals surface area contributed by atoms with Gasteiger partial charge in [0.15, 0.2) is 0 Å². The number of carbonyl (C=O) groups excluding carboxylic acids is 1. The lowest BCUT2D eigenvalue weighted by atomic mass is 10.1. The maximum atomic E-state index is 11.7. The normalized spacial score (nSPS) is 19.9. The molecule has 1 aliphatic rings. The van der Waals surface area contributed by atoms with Gasteiger partial charge in [0, 0.05) is 41.4 Å². The number of fused-ring (bicyclic) bond motifs is 1. The summed E-state index contributed by atoms with van der Waals surface area (Å²) >= 11 is 3.51. The first-order valence-corrected chi connectivity index (χ1v) is 7.12. The lowest BCUT2D eigenvalue weighted by Gasteiger charge is -2.15. The number of amides is 1. The van der Waals surface area contributed by atoms with Crippen LogP contribution in [0.1, 0.15) is 12.0 Å². The minimum absolute atomic E-state index is 0.262. The Hall–Kier alpha value is -1.29. The van der Waals surface area contributed by atoms with Crippen molar-refractivity contribution in [2.45, 2.75) is 17.7 Å². The van der Waals surface area contributed by atoms with Crippen molar-refractivity contribution in [1.82, 2.24) is 9.88 Å². The minimum atomic E-state index is 0.262. The van der Waals surface area contributed by atoms with E-state index in [1.807, 2.05) is 11.1 Å². The summed E-state index contributed by atoms with van der Waals surface area (Å²) in [6.45, 7) is 1.65. The molecule has 1 saturated heterocycles. The molecule has 0 spiro atoms. The van der Waals surface area contributed by atoms with E-state index in [9.17, 15) is 4.79 Å². The quantitative estimate of drug-likeness (QED) is 0.870. The summed E-state index contributed by atoms with van der Waals surface area (Å²) in [4.78, 5) is 17.2. The van der Waals surface area contributed by atoms with E-state index in [0.717, 1.165) is 19.5 Å². The summed E-state index contributed by atoms with van der Waals surface area (Å²) in [5.74, 6) is 0.262. The molecule has 1 aliphatic heterocycles. The fourth-order valence-electron chi connectivity index (χ4n) is 2.56. The zero-order valence-corrected chi connectivity index (χ0v) is 11.6. The molecule has 1 aromatic heterocycles. The maximum absolute atomic E-state index is 11.7. The van der Waals surface area contributed by atoms with Crippen LogP contribution < -0.4 is 0 Å². The molecule has 2 aromatic rings. The minimum Gasteiger partial charge on any atom is -0.361 e. The molecule has 94 valence electrons. The van der Waals surface area contributed by atoms with Crippen LogP contribution in [0.3, 0.4) is 0 Å². The van der Waals surface area contributed by atoms with Gasteiger partial charge in [-0.25, -0.2) is 0 Å². The molecule has 1 amide bonds. The van der Waals surface area contributed by atoms with Crippen LogP contribution in [0.4, 0.5) is 0 Å². The van der Waals surface area contributed by atoms with E-state index < -0.39 is 0 Å². The van der Waals surface area contributed by atoms with Gasteiger partial charge in [0.25, 0.3) is 0 Å². The largest absolute Gasteiger partial charge is 0.361 e. The molecule has 0 aliphatic carbocycles. The van der Waals surface area contributed by atoms with Gasteiger partial charge in [-0.2, -0.15) is 0 Å². The fraction of sp³-hybridized carbons (Fsp3) is 0.357. The van der Waals surface area contributed by atoms with Crippen molar-refractivity contribution in [3.05, 3.63) is 36.0 Å². The van der Waals surface area contributed by atoms with Gasteiger partial charge >= 0.3 is 0 Å². The third-order valence-corrected chi connectivity index (χ3v) is 4.12. The molecule has 1 atom stereocenters. The highest BCUT2D eigenvalue weighted by Gasteiger charge is 2.27. The third-order valence-electron chi connectivity index (χ3n) is 3.50. The number of H-pyrrole nitrogens is 1. The number of benzene rings is 1. The zero-order chi connectivity index (χ0) is 12.5. The van der Waals surface area contributed by atoms with Crippen LogP contribution in [0.25, 0.3) is 10.9 Å². The Morgan fingerprint density at radius 2 is 2.28 bits per heavy atom. The number of hydrogen-bond donors (Lipinski definition) is 1. The maximum Gasteiger partial charge on any atom is 0.223 e. The standard InChI is InChI=1S/C14H15BrN2O/c15-11-8-14(18)17(9-11)7-5-10-2-1-3-13-12(10)4-6-16-13/h1-4,6,11,16H,5,7-9H2. The lowest BCUT2D eigenvalue weighted by molar-refractivity contribution is -0.127. The molecule has 18 heavy (non-hydrogen) atoms. The van der Waals surface area contributed by atoms with E-state index in [-0.39, 0.29) is 5.91 Å². The van der Waals surface area contributed by atoms with E-state index in [0.29, 0.717) is 11.2 Å².